The monoisotopic (exact) mass is 405 g/mol. The van der Waals surface area contributed by atoms with Crippen LogP contribution in [0.3, 0.4) is 0 Å². The molecule has 0 atom stereocenters. The molecule has 2 aromatic rings. The van der Waals surface area contributed by atoms with E-state index in [-0.39, 0.29) is 11.1 Å². The molecule has 154 valence electrons. The highest BCUT2D eigenvalue weighted by molar-refractivity contribution is 6.10. The number of carbonyl (C=O) groups excluding carboxylic acids is 1. The maximum absolute atomic E-state index is 12.5. The molecule has 0 unspecified atom stereocenters. The van der Waals surface area contributed by atoms with Gasteiger partial charge in [0.05, 0.1) is 12.7 Å². The maximum Gasteiger partial charge on any atom is 0.335 e. The molecule has 2 aromatic carbocycles. The Bertz CT molecular complexity index is 1020. The van der Waals surface area contributed by atoms with Gasteiger partial charge in [-0.05, 0) is 55.7 Å². The predicted molar refractivity (Wildman–Crippen MR) is 115 cm³/mol. The van der Waals surface area contributed by atoms with Crippen molar-refractivity contribution in [3.05, 3.63) is 59.2 Å². The van der Waals surface area contributed by atoms with Crippen molar-refractivity contribution in [3.8, 4) is 11.8 Å². The topological polar surface area (TPSA) is 103 Å². The lowest BCUT2D eigenvalue weighted by Gasteiger charge is -2.29. The maximum atomic E-state index is 12.5. The number of amides is 1. The fourth-order valence-corrected chi connectivity index (χ4v) is 3.40. The fraction of sp³-hybridized carbons (Fsp3) is 0.261. The average molecular weight is 405 g/mol. The van der Waals surface area contributed by atoms with Gasteiger partial charge in [0, 0.05) is 36.1 Å². The summed E-state index contributed by atoms with van der Waals surface area (Å²) in [5.74, 6) is -1.14. The SMILES string of the molecule is COc1cc(N2CCCCC2)ccc1/C=C(/C#N)C(=O)Nc1cccc(C(=O)O)c1. The average Bonchev–Trinajstić information content (AvgIpc) is 2.78. The summed E-state index contributed by atoms with van der Waals surface area (Å²) >= 11 is 0. The summed E-state index contributed by atoms with van der Waals surface area (Å²) in [5, 5.41) is 21.1. The van der Waals surface area contributed by atoms with Crippen LogP contribution >= 0.6 is 0 Å². The Morgan fingerprint density at radius 1 is 1.17 bits per heavy atom. The summed E-state index contributed by atoms with van der Waals surface area (Å²) < 4.78 is 5.48. The number of nitrogens with zero attached hydrogens (tertiary/aromatic N) is 2. The minimum absolute atomic E-state index is 0.0465. The van der Waals surface area contributed by atoms with Crippen LogP contribution in [0.25, 0.3) is 6.08 Å². The quantitative estimate of drug-likeness (QED) is 0.558. The van der Waals surface area contributed by atoms with Gasteiger partial charge in [-0.2, -0.15) is 5.26 Å². The second-order valence-electron chi connectivity index (χ2n) is 6.98. The van der Waals surface area contributed by atoms with Crippen LogP contribution in [0.1, 0.15) is 35.2 Å². The zero-order chi connectivity index (χ0) is 21.5. The molecule has 2 N–H and O–H groups in total. The summed E-state index contributed by atoms with van der Waals surface area (Å²) in [5.41, 5.74) is 1.90. The van der Waals surface area contributed by atoms with Gasteiger partial charge < -0.3 is 20.1 Å². The molecular weight excluding hydrogens is 382 g/mol. The van der Waals surface area contributed by atoms with E-state index in [0.29, 0.717) is 17.0 Å². The Balaban J connectivity index is 1.82. The van der Waals surface area contributed by atoms with Crippen molar-refractivity contribution in [3.63, 3.8) is 0 Å². The number of nitriles is 1. The number of hydrogen-bond acceptors (Lipinski definition) is 5. The molecular formula is C23H23N3O4. The van der Waals surface area contributed by atoms with Crippen molar-refractivity contribution >= 4 is 29.3 Å². The van der Waals surface area contributed by atoms with Gasteiger partial charge >= 0.3 is 5.97 Å². The second-order valence-corrected chi connectivity index (χ2v) is 6.98. The second kappa shape index (κ2) is 9.61. The number of methoxy groups -OCH3 is 1. The molecule has 0 bridgehead atoms. The normalized spacial score (nSPS) is 14.0. The Morgan fingerprint density at radius 2 is 1.93 bits per heavy atom. The molecule has 0 aliphatic carbocycles. The molecule has 1 saturated heterocycles. The van der Waals surface area contributed by atoms with Crippen LogP contribution in [-0.2, 0) is 4.79 Å². The number of carbonyl (C=O) groups is 2. The van der Waals surface area contributed by atoms with Crippen LogP contribution in [-0.4, -0.2) is 37.2 Å². The van der Waals surface area contributed by atoms with E-state index < -0.39 is 11.9 Å². The van der Waals surface area contributed by atoms with Gasteiger partial charge in [-0.15, -0.1) is 0 Å². The van der Waals surface area contributed by atoms with Gasteiger partial charge in [-0.3, -0.25) is 4.79 Å². The van der Waals surface area contributed by atoms with Gasteiger partial charge in [-0.25, -0.2) is 4.79 Å². The fourth-order valence-electron chi connectivity index (χ4n) is 3.40. The third-order valence-electron chi connectivity index (χ3n) is 4.97. The first-order chi connectivity index (χ1) is 14.5. The molecule has 0 radical (unpaired) electrons. The molecule has 1 aliphatic heterocycles. The Hall–Kier alpha value is -3.79. The zero-order valence-corrected chi connectivity index (χ0v) is 16.7. The zero-order valence-electron chi connectivity index (χ0n) is 16.7. The Labute approximate surface area is 175 Å². The Morgan fingerprint density at radius 3 is 2.60 bits per heavy atom. The molecule has 0 spiro atoms. The van der Waals surface area contributed by atoms with E-state index in [1.807, 2.05) is 24.3 Å². The third-order valence-corrected chi connectivity index (χ3v) is 4.97. The van der Waals surface area contributed by atoms with Crippen LogP contribution < -0.4 is 15.0 Å². The third kappa shape index (κ3) is 4.97. The smallest absolute Gasteiger partial charge is 0.335 e. The molecule has 0 saturated carbocycles. The summed E-state index contributed by atoms with van der Waals surface area (Å²) in [7, 11) is 1.55. The highest BCUT2D eigenvalue weighted by atomic mass is 16.5. The summed E-state index contributed by atoms with van der Waals surface area (Å²) in [6.45, 7) is 2.00. The first-order valence-corrected chi connectivity index (χ1v) is 9.71. The number of carboxylic acids is 1. The molecule has 1 aliphatic rings. The first kappa shape index (κ1) is 20.9. The van der Waals surface area contributed by atoms with Crippen molar-refractivity contribution in [1.29, 1.82) is 5.26 Å². The summed E-state index contributed by atoms with van der Waals surface area (Å²) in [6, 6.07) is 13.5. The Kier molecular flexibility index (Phi) is 6.71. The van der Waals surface area contributed by atoms with Crippen LogP contribution in [0.5, 0.6) is 5.75 Å². The number of benzene rings is 2. The van der Waals surface area contributed by atoms with Crippen molar-refractivity contribution in [2.75, 3.05) is 30.4 Å². The summed E-state index contributed by atoms with van der Waals surface area (Å²) in [6.07, 6.45) is 5.03. The van der Waals surface area contributed by atoms with Gasteiger partial charge in [0.25, 0.3) is 5.91 Å². The minimum Gasteiger partial charge on any atom is -0.496 e. The standard InChI is InChI=1S/C23H23N3O4/c1-30-21-14-20(26-10-3-2-4-11-26)9-8-16(21)12-18(15-24)22(27)25-19-7-5-6-17(13-19)23(28)29/h5-9,12-14H,2-4,10-11H2,1H3,(H,25,27)(H,28,29)/b18-12-. The predicted octanol–water partition coefficient (Wildman–Crippen LogP) is 3.93. The molecule has 1 fully saturated rings. The van der Waals surface area contributed by atoms with E-state index in [1.54, 1.807) is 13.2 Å². The lowest BCUT2D eigenvalue weighted by Crippen LogP contribution is -2.29. The number of ether oxygens (including phenoxy) is 1. The van der Waals surface area contributed by atoms with Crippen LogP contribution in [0, 0.1) is 11.3 Å². The highest BCUT2D eigenvalue weighted by Gasteiger charge is 2.15. The number of nitrogens with one attached hydrogen (secondary N) is 1. The molecule has 1 heterocycles. The first-order valence-electron chi connectivity index (χ1n) is 9.71. The van der Waals surface area contributed by atoms with Gasteiger partial charge in [0.2, 0.25) is 0 Å². The van der Waals surface area contributed by atoms with Gasteiger partial charge in [0.1, 0.15) is 17.4 Å². The minimum atomic E-state index is -1.10. The van der Waals surface area contributed by atoms with Crippen LogP contribution in [0.15, 0.2) is 48.0 Å². The van der Waals surface area contributed by atoms with E-state index in [9.17, 15) is 14.9 Å². The van der Waals surface area contributed by atoms with Crippen LogP contribution in [0.4, 0.5) is 11.4 Å². The van der Waals surface area contributed by atoms with Crippen molar-refractivity contribution in [2.45, 2.75) is 19.3 Å². The highest BCUT2D eigenvalue weighted by Crippen LogP contribution is 2.29. The van der Waals surface area contributed by atoms with E-state index >= 15 is 0 Å². The number of aromatic carboxylic acids is 1. The van der Waals surface area contributed by atoms with Crippen molar-refractivity contribution < 1.29 is 19.4 Å². The lowest BCUT2D eigenvalue weighted by atomic mass is 10.1. The molecule has 3 rings (SSSR count). The largest absolute Gasteiger partial charge is 0.496 e. The van der Waals surface area contributed by atoms with E-state index in [4.69, 9.17) is 9.84 Å². The van der Waals surface area contributed by atoms with Gasteiger partial charge in [0.15, 0.2) is 0 Å². The number of rotatable bonds is 6. The van der Waals surface area contributed by atoms with Crippen molar-refractivity contribution in [2.24, 2.45) is 0 Å². The van der Waals surface area contributed by atoms with Crippen LogP contribution in [0.2, 0.25) is 0 Å². The van der Waals surface area contributed by atoms with E-state index in [1.165, 1.54) is 30.7 Å². The van der Waals surface area contributed by atoms with E-state index in [0.717, 1.165) is 31.6 Å². The van der Waals surface area contributed by atoms with E-state index in [2.05, 4.69) is 10.2 Å². The molecule has 30 heavy (non-hydrogen) atoms. The molecule has 7 nitrogen and oxygen atoms in total. The number of piperidine rings is 1. The summed E-state index contributed by atoms with van der Waals surface area (Å²) in [4.78, 5) is 25.9. The molecule has 1 amide bonds. The van der Waals surface area contributed by atoms with Crippen molar-refractivity contribution in [1.82, 2.24) is 0 Å². The number of anilines is 2. The number of hydrogen-bond donors (Lipinski definition) is 2. The lowest BCUT2D eigenvalue weighted by molar-refractivity contribution is -0.112. The van der Waals surface area contributed by atoms with Gasteiger partial charge in [-0.1, -0.05) is 6.07 Å². The molecule has 0 aromatic heterocycles. The number of carboxylic acid groups (broad SMARTS) is 1. The molecule has 7 heteroatoms.